The molecule has 29 heavy (non-hydrogen) atoms. The number of allylic oxidation sites excluding steroid dienone is 1. The van der Waals surface area contributed by atoms with Gasteiger partial charge in [-0.25, -0.2) is 8.42 Å². The van der Waals surface area contributed by atoms with Gasteiger partial charge in [-0.3, -0.25) is 0 Å². The summed E-state index contributed by atoms with van der Waals surface area (Å²) in [6.07, 6.45) is 8.93. The number of fused-ring (bicyclic) bond motifs is 1. The van der Waals surface area contributed by atoms with Crippen molar-refractivity contribution < 1.29 is 17.9 Å². The molecule has 0 radical (unpaired) electrons. The Morgan fingerprint density at radius 3 is 2.41 bits per heavy atom. The number of benzene rings is 2. The van der Waals surface area contributed by atoms with Gasteiger partial charge >= 0.3 is 0 Å². The molecule has 0 fully saturated rings. The number of hydrogen-bond acceptors (Lipinski definition) is 5. The van der Waals surface area contributed by atoms with Crippen molar-refractivity contribution in [1.29, 1.82) is 0 Å². The summed E-state index contributed by atoms with van der Waals surface area (Å²) >= 11 is 0. The first-order valence-electron chi connectivity index (χ1n) is 9.62. The zero-order valence-corrected chi connectivity index (χ0v) is 17.1. The van der Waals surface area contributed by atoms with Gasteiger partial charge in [-0.2, -0.15) is 0 Å². The summed E-state index contributed by atoms with van der Waals surface area (Å²) in [7, 11) is -3.56. The predicted molar refractivity (Wildman–Crippen MR) is 111 cm³/mol. The van der Waals surface area contributed by atoms with E-state index in [4.69, 9.17) is 9.47 Å². The van der Waals surface area contributed by atoms with Crippen LogP contribution in [0.4, 0.5) is 0 Å². The second-order valence-electron chi connectivity index (χ2n) is 6.92. The first-order valence-corrected chi connectivity index (χ1v) is 11.1. The summed E-state index contributed by atoms with van der Waals surface area (Å²) in [5.74, 6) is 1.55. The quantitative estimate of drug-likeness (QED) is 0.677. The van der Waals surface area contributed by atoms with E-state index < -0.39 is 9.84 Å². The summed E-state index contributed by atoms with van der Waals surface area (Å²) in [5.41, 5.74) is 2.12. The van der Waals surface area contributed by atoms with Gasteiger partial charge in [0.05, 0.1) is 16.4 Å². The SMILES string of the molecule is CCCOc1ccc(S(=O)(=O)c2ccc(CN3C=CC4=CCOC4=C3)cc2)cc1. The Morgan fingerprint density at radius 1 is 1.03 bits per heavy atom. The van der Waals surface area contributed by atoms with Crippen molar-refractivity contribution in [2.45, 2.75) is 29.7 Å². The van der Waals surface area contributed by atoms with Crippen molar-refractivity contribution in [2.75, 3.05) is 13.2 Å². The monoisotopic (exact) mass is 409 g/mol. The topological polar surface area (TPSA) is 55.8 Å². The molecule has 0 amide bonds. The number of hydrogen-bond donors (Lipinski definition) is 0. The lowest BCUT2D eigenvalue weighted by Gasteiger charge is -2.20. The summed E-state index contributed by atoms with van der Waals surface area (Å²) in [4.78, 5) is 2.56. The molecule has 0 spiro atoms. The van der Waals surface area contributed by atoms with E-state index in [0.717, 1.165) is 23.3 Å². The second kappa shape index (κ2) is 8.17. The molecule has 0 aromatic heterocycles. The van der Waals surface area contributed by atoms with E-state index >= 15 is 0 Å². The molecule has 2 aliphatic rings. The average molecular weight is 410 g/mol. The van der Waals surface area contributed by atoms with Crippen LogP contribution in [-0.4, -0.2) is 26.5 Å². The fourth-order valence-corrected chi connectivity index (χ4v) is 4.45. The van der Waals surface area contributed by atoms with Crippen LogP contribution >= 0.6 is 0 Å². The van der Waals surface area contributed by atoms with Gasteiger partial charge in [0.15, 0.2) is 0 Å². The Hall–Kier alpha value is -2.99. The van der Waals surface area contributed by atoms with Crippen LogP contribution in [0, 0.1) is 0 Å². The molecule has 0 unspecified atom stereocenters. The van der Waals surface area contributed by atoms with Crippen LogP contribution in [0.25, 0.3) is 0 Å². The van der Waals surface area contributed by atoms with E-state index in [1.165, 1.54) is 0 Å². The van der Waals surface area contributed by atoms with Crippen LogP contribution in [-0.2, 0) is 21.1 Å². The Balaban J connectivity index is 1.46. The molecule has 2 aromatic carbocycles. The summed E-state index contributed by atoms with van der Waals surface area (Å²) < 4.78 is 36.9. The molecule has 150 valence electrons. The Bertz CT molecular complexity index is 1060. The minimum absolute atomic E-state index is 0.260. The predicted octanol–water partition coefficient (Wildman–Crippen LogP) is 4.44. The van der Waals surface area contributed by atoms with Crippen LogP contribution in [0.5, 0.6) is 5.75 Å². The van der Waals surface area contributed by atoms with E-state index in [2.05, 4.69) is 0 Å². The summed E-state index contributed by atoms with van der Waals surface area (Å²) in [6.45, 7) is 3.88. The lowest BCUT2D eigenvalue weighted by Crippen LogP contribution is -2.13. The third-order valence-electron chi connectivity index (χ3n) is 4.76. The minimum Gasteiger partial charge on any atom is -0.494 e. The van der Waals surface area contributed by atoms with Crippen LogP contribution < -0.4 is 4.74 Å². The molecule has 5 nitrogen and oxygen atoms in total. The maximum atomic E-state index is 12.9. The molecular weight excluding hydrogens is 386 g/mol. The highest BCUT2D eigenvalue weighted by molar-refractivity contribution is 7.91. The number of ether oxygens (including phenoxy) is 2. The van der Waals surface area contributed by atoms with Gasteiger partial charge < -0.3 is 14.4 Å². The zero-order valence-electron chi connectivity index (χ0n) is 16.2. The lowest BCUT2D eigenvalue weighted by atomic mass is 10.1. The molecule has 0 N–H and O–H groups in total. The first-order chi connectivity index (χ1) is 14.1. The molecule has 0 saturated carbocycles. The number of rotatable bonds is 7. The highest BCUT2D eigenvalue weighted by Gasteiger charge is 2.19. The van der Waals surface area contributed by atoms with E-state index in [1.54, 1.807) is 36.4 Å². The molecule has 6 heteroatoms. The smallest absolute Gasteiger partial charge is 0.206 e. The molecule has 2 aliphatic heterocycles. The van der Waals surface area contributed by atoms with Crippen molar-refractivity contribution >= 4 is 9.84 Å². The van der Waals surface area contributed by atoms with Crippen LogP contribution in [0.15, 0.2) is 94.2 Å². The van der Waals surface area contributed by atoms with Crippen molar-refractivity contribution in [3.63, 3.8) is 0 Å². The van der Waals surface area contributed by atoms with Gasteiger partial charge in [0, 0.05) is 24.5 Å². The van der Waals surface area contributed by atoms with Gasteiger partial charge in [0.2, 0.25) is 9.84 Å². The first kappa shape index (κ1) is 19.3. The van der Waals surface area contributed by atoms with Gasteiger partial charge in [-0.1, -0.05) is 19.1 Å². The third-order valence-corrected chi connectivity index (χ3v) is 6.55. The van der Waals surface area contributed by atoms with Gasteiger partial charge in [0.1, 0.15) is 18.1 Å². The van der Waals surface area contributed by atoms with Crippen LogP contribution in [0.2, 0.25) is 0 Å². The van der Waals surface area contributed by atoms with Gasteiger partial charge in [0.25, 0.3) is 0 Å². The largest absolute Gasteiger partial charge is 0.494 e. The molecule has 0 aliphatic carbocycles. The zero-order chi connectivity index (χ0) is 20.3. The fourth-order valence-electron chi connectivity index (χ4n) is 3.19. The lowest BCUT2D eigenvalue weighted by molar-refractivity contribution is 0.265. The highest BCUT2D eigenvalue weighted by atomic mass is 32.2. The second-order valence-corrected chi connectivity index (χ2v) is 8.87. The van der Waals surface area contributed by atoms with E-state index in [-0.39, 0.29) is 9.79 Å². The molecule has 4 rings (SSSR count). The molecule has 2 heterocycles. The Kier molecular flexibility index (Phi) is 5.45. The maximum absolute atomic E-state index is 12.9. The summed E-state index contributed by atoms with van der Waals surface area (Å²) in [5, 5.41) is 0. The highest BCUT2D eigenvalue weighted by Crippen LogP contribution is 2.26. The number of nitrogens with zero attached hydrogens (tertiary/aromatic N) is 1. The standard InChI is InChI=1S/C23H23NO4S/c1-2-14-27-20-5-9-22(10-6-20)29(25,26)21-7-3-18(4-8-21)16-24-13-11-19-12-15-28-23(19)17-24/h3-13,17H,2,14-16H2,1H3. The van der Waals surface area contributed by atoms with E-state index in [0.29, 0.717) is 25.5 Å². The Labute approximate surface area is 171 Å². The fraction of sp³-hybridized carbons (Fsp3) is 0.217. The van der Waals surface area contributed by atoms with Crippen LogP contribution in [0.1, 0.15) is 18.9 Å². The molecule has 0 saturated heterocycles. The third kappa shape index (κ3) is 4.22. The average Bonchev–Trinajstić information content (AvgIpc) is 3.21. The van der Waals surface area contributed by atoms with Crippen molar-refractivity contribution in [2.24, 2.45) is 0 Å². The normalized spacial score (nSPS) is 15.4. The maximum Gasteiger partial charge on any atom is 0.206 e. The molecule has 2 aromatic rings. The van der Waals surface area contributed by atoms with Crippen LogP contribution in [0.3, 0.4) is 0 Å². The molecular formula is C23H23NO4S. The summed E-state index contributed by atoms with van der Waals surface area (Å²) in [6, 6.07) is 13.6. The molecule has 0 atom stereocenters. The minimum atomic E-state index is -3.56. The molecule has 0 bridgehead atoms. The van der Waals surface area contributed by atoms with E-state index in [1.807, 2.05) is 48.5 Å². The number of sulfone groups is 1. The van der Waals surface area contributed by atoms with E-state index in [9.17, 15) is 8.42 Å². The van der Waals surface area contributed by atoms with Crippen molar-refractivity contribution in [3.05, 3.63) is 90.0 Å². The Morgan fingerprint density at radius 2 is 1.72 bits per heavy atom. The van der Waals surface area contributed by atoms with Gasteiger partial charge in [-0.15, -0.1) is 0 Å². The van der Waals surface area contributed by atoms with Crippen molar-refractivity contribution in [1.82, 2.24) is 4.90 Å². The van der Waals surface area contributed by atoms with Gasteiger partial charge in [-0.05, 0) is 60.5 Å². The van der Waals surface area contributed by atoms with Crippen molar-refractivity contribution in [3.8, 4) is 5.75 Å².